The van der Waals surface area contributed by atoms with Crippen molar-refractivity contribution in [1.82, 2.24) is 0 Å². The normalized spacial score (nSPS) is 29.2. The zero-order valence-corrected chi connectivity index (χ0v) is 17.8. The van der Waals surface area contributed by atoms with Crippen molar-refractivity contribution in [2.45, 2.75) is 45.4 Å². The Balaban J connectivity index is 1.25. The minimum Gasteiger partial charge on any atom is -0.299 e. The molecule has 0 bridgehead atoms. The maximum absolute atomic E-state index is 13.4. The van der Waals surface area contributed by atoms with Gasteiger partial charge < -0.3 is 0 Å². The van der Waals surface area contributed by atoms with Crippen LogP contribution < -0.4 is 0 Å². The van der Waals surface area contributed by atoms with E-state index in [9.17, 15) is 4.79 Å². The number of Topliss-reactive ketones (excluding diaryl/α,β-unsaturated/α-hetero) is 1. The van der Waals surface area contributed by atoms with Crippen LogP contribution in [-0.2, 0) is 4.79 Å². The summed E-state index contributed by atoms with van der Waals surface area (Å²) in [6.45, 7) is 2.29. The van der Waals surface area contributed by atoms with E-state index in [1.165, 1.54) is 33.4 Å². The fourth-order valence-electron chi connectivity index (χ4n) is 5.57. The topological polar surface area (TPSA) is 17.1 Å². The van der Waals surface area contributed by atoms with Gasteiger partial charge in [0.15, 0.2) is 0 Å². The number of hydrogen-bond donors (Lipinski definition) is 0. The van der Waals surface area contributed by atoms with Crippen LogP contribution in [0.2, 0.25) is 0 Å². The molecular formula is C29H30O. The molecule has 0 aromatic heterocycles. The van der Waals surface area contributed by atoms with E-state index in [1.807, 2.05) is 0 Å². The standard InChI is InChI=1S/C29H30O/c1-20-21(14-16-26(20)23-10-4-5-11-23)15-17-29(30)28-19-25(22-8-2-3-9-22)18-27(28)24-12-6-7-13-24/h2-8,10,12,14,16,19-20,27-28H,9,11,13,15,17-18H2,1H3. The van der Waals surface area contributed by atoms with Gasteiger partial charge in [-0.2, -0.15) is 0 Å². The molecule has 3 atom stereocenters. The van der Waals surface area contributed by atoms with E-state index >= 15 is 0 Å². The van der Waals surface area contributed by atoms with Crippen LogP contribution in [0.5, 0.6) is 0 Å². The summed E-state index contributed by atoms with van der Waals surface area (Å²) in [5.41, 5.74) is 8.52. The van der Waals surface area contributed by atoms with Gasteiger partial charge in [-0.3, -0.25) is 4.79 Å². The van der Waals surface area contributed by atoms with Gasteiger partial charge in [-0.15, -0.1) is 0 Å². The second kappa shape index (κ2) is 8.22. The highest BCUT2D eigenvalue weighted by atomic mass is 16.1. The third-order valence-corrected chi connectivity index (χ3v) is 7.39. The number of ketones is 1. The molecule has 0 aliphatic heterocycles. The van der Waals surface area contributed by atoms with Gasteiger partial charge in [0, 0.05) is 18.3 Å². The van der Waals surface area contributed by atoms with Crippen molar-refractivity contribution in [3.05, 3.63) is 106 Å². The van der Waals surface area contributed by atoms with Crippen molar-refractivity contribution < 1.29 is 4.79 Å². The molecule has 0 amide bonds. The van der Waals surface area contributed by atoms with Crippen LogP contribution in [0.15, 0.2) is 106 Å². The van der Waals surface area contributed by atoms with Crippen LogP contribution >= 0.6 is 0 Å². The third-order valence-electron chi connectivity index (χ3n) is 7.39. The number of rotatable bonds is 7. The Morgan fingerprint density at radius 3 is 2.30 bits per heavy atom. The lowest BCUT2D eigenvalue weighted by molar-refractivity contribution is -0.122. The molecule has 0 fully saturated rings. The highest BCUT2D eigenvalue weighted by Gasteiger charge is 2.36. The molecule has 1 heteroatoms. The van der Waals surface area contributed by atoms with Crippen molar-refractivity contribution in [3.8, 4) is 0 Å². The zero-order chi connectivity index (χ0) is 20.5. The maximum Gasteiger partial charge on any atom is 0.140 e. The summed E-state index contributed by atoms with van der Waals surface area (Å²) in [5.74, 6) is 1.24. The third kappa shape index (κ3) is 3.62. The first-order valence-corrected chi connectivity index (χ1v) is 11.4. The highest BCUT2D eigenvalue weighted by molar-refractivity contribution is 5.85. The van der Waals surface area contributed by atoms with Gasteiger partial charge >= 0.3 is 0 Å². The Morgan fingerprint density at radius 1 is 0.867 bits per heavy atom. The van der Waals surface area contributed by atoms with E-state index in [1.54, 1.807) is 0 Å². The molecule has 5 aliphatic rings. The smallest absolute Gasteiger partial charge is 0.140 e. The molecule has 1 nitrogen and oxygen atoms in total. The largest absolute Gasteiger partial charge is 0.299 e. The lowest BCUT2D eigenvalue weighted by atomic mass is 9.82. The van der Waals surface area contributed by atoms with Crippen LogP contribution in [0.3, 0.4) is 0 Å². The van der Waals surface area contributed by atoms with Crippen LogP contribution in [0.25, 0.3) is 0 Å². The first kappa shape index (κ1) is 19.3. The molecule has 0 saturated heterocycles. The predicted molar refractivity (Wildman–Crippen MR) is 125 cm³/mol. The van der Waals surface area contributed by atoms with Gasteiger partial charge in [0.2, 0.25) is 0 Å². The molecule has 0 saturated carbocycles. The zero-order valence-electron chi connectivity index (χ0n) is 17.8. The molecule has 0 spiro atoms. The summed E-state index contributed by atoms with van der Waals surface area (Å²) in [5, 5.41) is 0. The SMILES string of the molecule is CC1C(CCC(=O)C2C=C(C3=CC=CC3)CC2C2=CC=CC2)=CC=C1C1=CC=CC1. The Bertz CT molecular complexity index is 1030. The van der Waals surface area contributed by atoms with Crippen LogP contribution in [0.4, 0.5) is 0 Å². The summed E-state index contributed by atoms with van der Waals surface area (Å²) in [6.07, 6.45) is 32.2. The minimum atomic E-state index is 0.0409. The van der Waals surface area contributed by atoms with E-state index in [4.69, 9.17) is 0 Å². The number of carbonyl (C=O) groups excluding carboxylic acids is 1. The van der Waals surface area contributed by atoms with E-state index in [0.29, 0.717) is 24.0 Å². The number of allylic oxidation sites excluding steroid dienone is 18. The Labute approximate surface area is 180 Å². The van der Waals surface area contributed by atoms with Crippen LogP contribution in [-0.4, -0.2) is 5.78 Å². The van der Waals surface area contributed by atoms with Gasteiger partial charge in [0.25, 0.3) is 0 Å². The minimum absolute atomic E-state index is 0.0409. The highest BCUT2D eigenvalue weighted by Crippen LogP contribution is 2.44. The summed E-state index contributed by atoms with van der Waals surface area (Å²) in [4.78, 5) is 13.4. The molecule has 152 valence electrons. The van der Waals surface area contributed by atoms with Crippen LogP contribution in [0, 0.1) is 17.8 Å². The van der Waals surface area contributed by atoms with Crippen molar-refractivity contribution >= 4 is 5.78 Å². The molecule has 0 radical (unpaired) electrons. The van der Waals surface area contributed by atoms with E-state index in [0.717, 1.165) is 32.1 Å². The first-order chi connectivity index (χ1) is 14.7. The molecule has 3 unspecified atom stereocenters. The van der Waals surface area contributed by atoms with Crippen molar-refractivity contribution in [3.63, 3.8) is 0 Å². The summed E-state index contributed by atoms with van der Waals surface area (Å²) in [7, 11) is 0. The van der Waals surface area contributed by atoms with E-state index < -0.39 is 0 Å². The Morgan fingerprint density at radius 2 is 1.60 bits per heavy atom. The maximum atomic E-state index is 13.4. The molecule has 5 rings (SSSR count). The number of carbonyl (C=O) groups is 1. The lowest BCUT2D eigenvalue weighted by Crippen LogP contribution is -2.20. The summed E-state index contributed by atoms with van der Waals surface area (Å²) in [6, 6.07) is 0. The average Bonchev–Trinajstić information content (AvgIpc) is 3.56. The van der Waals surface area contributed by atoms with Crippen molar-refractivity contribution in [1.29, 1.82) is 0 Å². The van der Waals surface area contributed by atoms with Gasteiger partial charge in [0.05, 0.1) is 0 Å². The molecule has 30 heavy (non-hydrogen) atoms. The van der Waals surface area contributed by atoms with Gasteiger partial charge in [0.1, 0.15) is 5.78 Å². The Kier molecular flexibility index (Phi) is 5.29. The number of hydrogen-bond acceptors (Lipinski definition) is 1. The summed E-state index contributed by atoms with van der Waals surface area (Å²) >= 11 is 0. The van der Waals surface area contributed by atoms with Gasteiger partial charge in [-0.25, -0.2) is 0 Å². The van der Waals surface area contributed by atoms with Gasteiger partial charge in [-0.1, -0.05) is 91.0 Å². The second-order valence-electron chi connectivity index (χ2n) is 9.10. The quantitative estimate of drug-likeness (QED) is 0.452. The average molecular weight is 395 g/mol. The molecule has 0 aromatic carbocycles. The lowest BCUT2D eigenvalue weighted by Gasteiger charge is -2.21. The Hall–Kier alpha value is -2.67. The fraction of sp³-hybridized carbons (Fsp3) is 0.345. The second-order valence-corrected chi connectivity index (χ2v) is 9.10. The van der Waals surface area contributed by atoms with E-state index in [2.05, 4.69) is 79.8 Å². The molecule has 5 aliphatic carbocycles. The first-order valence-electron chi connectivity index (χ1n) is 11.4. The van der Waals surface area contributed by atoms with Crippen molar-refractivity contribution in [2.75, 3.05) is 0 Å². The molecule has 0 N–H and O–H groups in total. The molecule has 0 heterocycles. The fourth-order valence-corrected chi connectivity index (χ4v) is 5.57. The van der Waals surface area contributed by atoms with Crippen LogP contribution in [0.1, 0.15) is 45.4 Å². The molecule has 0 aromatic rings. The summed E-state index contributed by atoms with van der Waals surface area (Å²) < 4.78 is 0. The van der Waals surface area contributed by atoms with Crippen molar-refractivity contribution in [2.24, 2.45) is 17.8 Å². The predicted octanol–water partition coefficient (Wildman–Crippen LogP) is 7.06. The molecular weight excluding hydrogens is 364 g/mol. The van der Waals surface area contributed by atoms with Gasteiger partial charge in [-0.05, 0) is 60.3 Å². The monoisotopic (exact) mass is 394 g/mol. The van der Waals surface area contributed by atoms with E-state index in [-0.39, 0.29) is 5.92 Å².